The van der Waals surface area contributed by atoms with Gasteiger partial charge in [-0.05, 0) is 24.2 Å². The first-order valence-corrected chi connectivity index (χ1v) is 9.00. The Morgan fingerprint density at radius 3 is 2.39 bits per heavy atom. The Labute approximate surface area is 111 Å². The van der Waals surface area contributed by atoms with Gasteiger partial charge in [0.25, 0.3) is 8.32 Å². The van der Waals surface area contributed by atoms with Crippen LogP contribution in [0.25, 0.3) is 10.9 Å². The molecule has 0 aliphatic rings. The minimum absolute atomic E-state index is 0.170. The number of benzene rings is 1. The lowest BCUT2D eigenvalue weighted by atomic mass is 10.2. The molecule has 0 amide bonds. The van der Waals surface area contributed by atoms with Crippen LogP contribution in [0.3, 0.4) is 0 Å². The van der Waals surface area contributed by atoms with Crippen LogP contribution in [0.4, 0.5) is 0 Å². The molecular weight excluding hydrogens is 238 g/mol. The predicted octanol–water partition coefficient (Wildman–Crippen LogP) is 4.96. The van der Waals surface area contributed by atoms with Crippen molar-refractivity contribution in [3.05, 3.63) is 47.4 Å². The summed E-state index contributed by atoms with van der Waals surface area (Å²) in [6, 6.07) is 7.88. The van der Waals surface area contributed by atoms with Gasteiger partial charge in [-0.3, -0.25) is 0 Å². The Morgan fingerprint density at radius 1 is 1.22 bits per heavy atom. The number of para-hydroxylation sites is 1. The van der Waals surface area contributed by atoms with Gasteiger partial charge in [0.2, 0.25) is 0 Å². The highest BCUT2D eigenvalue weighted by atomic mass is 28.4. The molecule has 18 heavy (non-hydrogen) atoms. The zero-order valence-electron chi connectivity index (χ0n) is 11.8. The van der Waals surface area contributed by atoms with Gasteiger partial charge in [0.1, 0.15) is 5.75 Å². The van der Waals surface area contributed by atoms with Crippen LogP contribution < -0.4 is 4.43 Å². The van der Waals surface area contributed by atoms with E-state index in [1.165, 1.54) is 6.20 Å². The van der Waals surface area contributed by atoms with Crippen LogP contribution in [0.5, 0.6) is 5.75 Å². The summed E-state index contributed by atoms with van der Waals surface area (Å²) in [4.78, 5) is 3.24. The Balaban J connectivity index is 3.06. The van der Waals surface area contributed by atoms with E-state index in [0.717, 1.165) is 11.3 Å². The molecule has 0 aliphatic carbocycles. The molecule has 0 fully saturated rings. The molecule has 96 valence electrons. The minimum atomic E-state index is -1.83. The molecule has 0 aromatic heterocycles. The first-order chi connectivity index (χ1) is 8.28. The fourth-order valence-electron chi connectivity index (χ4n) is 1.26. The van der Waals surface area contributed by atoms with Gasteiger partial charge in [0, 0.05) is 5.56 Å². The molecule has 1 aromatic carbocycles. The molecule has 0 saturated heterocycles. The summed E-state index contributed by atoms with van der Waals surface area (Å²) < 4.78 is 6.28. The SMILES string of the molecule is [C-]#[N+]C=Cc1ccccc1O[Si](C)(C)C(C)(C)C. The van der Waals surface area contributed by atoms with E-state index in [-0.39, 0.29) is 5.04 Å². The Bertz CT molecular complexity index is 478. The maximum Gasteiger partial charge on any atom is 0.250 e. The van der Waals surface area contributed by atoms with E-state index in [2.05, 4.69) is 38.7 Å². The topological polar surface area (TPSA) is 13.6 Å². The molecule has 0 spiro atoms. The van der Waals surface area contributed by atoms with E-state index in [4.69, 9.17) is 11.0 Å². The summed E-state index contributed by atoms with van der Waals surface area (Å²) in [5.74, 6) is 0.879. The van der Waals surface area contributed by atoms with Crippen molar-refractivity contribution in [1.82, 2.24) is 0 Å². The molecule has 0 saturated carbocycles. The van der Waals surface area contributed by atoms with E-state index < -0.39 is 8.32 Å². The molecule has 1 aromatic rings. The van der Waals surface area contributed by atoms with Crippen LogP contribution in [0, 0.1) is 6.57 Å². The Morgan fingerprint density at radius 2 is 1.83 bits per heavy atom. The lowest BCUT2D eigenvalue weighted by Crippen LogP contribution is -2.44. The van der Waals surface area contributed by atoms with Crippen LogP contribution in [0.1, 0.15) is 26.3 Å². The van der Waals surface area contributed by atoms with Gasteiger partial charge in [0.15, 0.2) is 6.20 Å². The third kappa shape index (κ3) is 3.48. The van der Waals surface area contributed by atoms with E-state index in [1.807, 2.05) is 24.3 Å². The molecule has 0 radical (unpaired) electrons. The van der Waals surface area contributed by atoms with Crippen molar-refractivity contribution in [2.75, 3.05) is 0 Å². The van der Waals surface area contributed by atoms with Crippen LogP contribution >= 0.6 is 0 Å². The van der Waals surface area contributed by atoms with Crippen molar-refractivity contribution in [1.29, 1.82) is 0 Å². The molecule has 1 rings (SSSR count). The second-order valence-corrected chi connectivity index (χ2v) is 10.6. The third-order valence-corrected chi connectivity index (χ3v) is 7.76. The second kappa shape index (κ2) is 5.41. The zero-order chi connectivity index (χ0) is 13.8. The largest absolute Gasteiger partial charge is 0.543 e. The first-order valence-electron chi connectivity index (χ1n) is 6.09. The van der Waals surface area contributed by atoms with Crippen LogP contribution in [-0.4, -0.2) is 8.32 Å². The Hall–Kier alpha value is -1.53. The number of hydrogen-bond donors (Lipinski definition) is 0. The van der Waals surface area contributed by atoms with Crippen molar-refractivity contribution < 1.29 is 4.43 Å². The Kier molecular flexibility index (Phi) is 4.36. The van der Waals surface area contributed by atoms with E-state index in [1.54, 1.807) is 6.08 Å². The molecular formula is C15H21NOSi. The quantitative estimate of drug-likeness (QED) is 0.552. The van der Waals surface area contributed by atoms with Crippen molar-refractivity contribution in [3.63, 3.8) is 0 Å². The second-order valence-electron chi connectivity index (χ2n) is 5.85. The molecule has 2 nitrogen and oxygen atoms in total. The van der Waals surface area contributed by atoms with Gasteiger partial charge in [-0.1, -0.05) is 45.0 Å². The summed E-state index contributed by atoms with van der Waals surface area (Å²) in [7, 11) is -1.83. The molecule has 3 heteroatoms. The lowest BCUT2D eigenvalue weighted by molar-refractivity contribution is 0.491. The normalized spacial score (nSPS) is 12.4. The van der Waals surface area contributed by atoms with Crippen LogP contribution in [0.15, 0.2) is 30.5 Å². The van der Waals surface area contributed by atoms with Gasteiger partial charge >= 0.3 is 0 Å². The fraction of sp³-hybridized carbons (Fsp3) is 0.400. The van der Waals surface area contributed by atoms with Crippen molar-refractivity contribution in [2.24, 2.45) is 0 Å². The molecule has 0 unspecified atom stereocenters. The van der Waals surface area contributed by atoms with Crippen molar-refractivity contribution >= 4 is 14.4 Å². The highest BCUT2D eigenvalue weighted by Gasteiger charge is 2.39. The molecule has 0 bridgehead atoms. The highest BCUT2D eigenvalue weighted by molar-refractivity contribution is 6.74. The zero-order valence-corrected chi connectivity index (χ0v) is 12.8. The maximum atomic E-state index is 6.81. The summed E-state index contributed by atoms with van der Waals surface area (Å²) >= 11 is 0. The predicted molar refractivity (Wildman–Crippen MR) is 79.9 cm³/mol. The lowest BCUT2D eigenvalue weighted by Gasteiger charge is -2.36. The van der Waals surface area contributed by atoms with Gasteiger partial charge in [0.05, 0.1) is 6.57 Å². The van der Waals surface area contributed by atoms with Gasteiger partial charge in [-0.2, -0.15) is 0 Å². The molecule has 0 N–H and O–H groups in total. The molecule has 0 heterocycles. The minimum Gasteiger partial charge on any atom is -0.543 e. The average Bonchev–Trinajstić information content (AvgIpc) is 2.26. The smallest absolute Gasteiger partial charge is 0.250 e. The summed E-state index contributed by atoms with van der Waals surface area (Å²) in [6.07, 6.45) is 3.27. The standard InChI is InChI=1S/C15H21NOSi/c1-15(2,3)18(5,6)17-14-10-8-7-9-13(14)11-12-16-4/h7-12H,1-3,5-6H3. The van der Waals surface area contributed by atoms with Crippen molar-refractivity contribution in [2.45, 2.75) is 38.9 Å². The maximum absolute atomic E-state index is 6.81. The summed E-state index contributed by atoms with van der Waals surface area (Å²) in [5, 5.41) is 0.170. The van der Waals surface area contributed by atoms with Crippen LogP contribution in [-0.2, 0) is 0 Å². The first kappa shape index (κ1) is 14.5. The summed E-state index contributed by atoms with van der Waals surface area (Å²) in [5.41, 5.74) is 0.971. The van der Waals surface area contributed by atoms with Crippen molar-refractivity contribution in [3.8, 4) is 5.75 Å². The third-order valence-electron chi connectivity index (χ3n) is 3.42. The number of nitrogens with zero attached hydrogens (tertiary/aromatic N) is 1. The number of hydrogen-bond acceptors (Lipinski definition) is 1. The van der Waals surface area contributed by atoms with E-state index >= 15 is 0 Å². The number of rotatable bonds is 3. The molecule has 0 aliphatic heterocycles. The summed E-state index contributed by atoms with van der Waals surface area (Å²) in [6.45, 7) is 17.9. The van der Waals surface area contributed by atoms with Crippen LogP contribution in [0.2, 0.25) is 18.1 Å². The monoisotopic (exact) mass is 259 g/mol. The van der Waals surface area contributed by atoms with Gasteiger partial charge < -0.3 is 4.43 Å². The van der Waals surface area contributed by atoms with Gasteiger partial charge in [-0.15, -0.1) is 0 Å². The fourth-order valence-corrected chi connectivity index (χ4v) is 2.30. The van der Waals surface area contributed by atoms with E-state index in [9.17, 15) is 0 Å². The average molecular weight is 259 g/mol. The van der Waals surface area contributed by atoms with E-state index in [0.29, 0.717) is 0 Å². The highest BCUT2D eigenvalue weighted by Crippen LogP contribution is 2.38. The van der Waals surface area contributed by atoms with Gasteiger partial charge in [-0.25, -0.2) is 4.85 Å². The molecule has 0 atom stereocenters.